The summed E-state index contributed by atoms with van der Waals surface area (Å²) in [5, 5.41) is 11.1. The molecule has 4 heteroatoms. The Kier molecular flexibility index (Phi) is 4.08. The van der Waals surface area contributed by atoms with E-state index in [1.165, 1.54) is 0 Å². The summed E-state index contributed by atoms with van der Waals surface area (Å²) >= 11 is 17.6. The van der Waals surface area contributed by atoms with E-state index in [0.717, 1.165) is 0 Å². The summed E-state index contributed by atoms with van der Waals surface area (Å²) < 4.78 is 0. The molecule has 0 aliphatic carbocycles. The maximum absolute atomic E-state index is 9.84. The van der Waals surface area contributed by atoms with Crippen molar-refractivity contribution >= 4 is 34.8 Å². The fourth-order valence-corrected chi connectivity index (χ4v) is 2.21. The molecule has 0 heterocycles. The molecule has 0 saturated heterocycles. The molecule has 0 bridgehead atoms. The molecule has 1 unspecified atom stereocenters. The first-order valence-corrected chi connectivity index (χ1v) is 5.39. The minimum Gasteiger partial charge on any atom is -0.388 e. The number of hydrogen-bond acceptors (Lipinski definition) is 1. The maximum Gasteiger partial charge on any atom is 0.0841 e. The summed E-state index contributed by atoms with van der Waals surface area (Å²) in [6.07, 6.45) is -0.660. The van der Waals surface area contributed by atoms with Crippen LogP contribution in [0.5, 0.6) is 0 Å². The highest BCUT2D eigenvalue weighted by Crippen LogP contribution is 2.36. The molecule has 1 rings (SSSR count). The molecule has 0 amide bonds. The van der Waals surface area contributed by atoms with Crippen LogP contribution in [0.1, 0.15) is 25.5 Å². The summed E-state index contributed by atoms with van der Waals surface area (Å²) in [5.41, 5.74) is 0.549. The largest absolute Gasteiger partial charge is 0.388 e. The van der Waals surface area contributed by atoms with E-state index in [1.54, 1.807) is 12.1 Å². The van der Waals surface area contributed by atoms with Crippen LogP contribution in [-0.4, -0.2) is 5.11 Å². The van der Waals surface area contributed by atoms with Gasteiger partial charge in [0.1, 0.15) is 0 Å². The van der Waals surface area contributed by atoms with Crippen molar-refractivity contribution in [3.63, 3.8) is 0 Å². The Labute approximate surface area is 98.6 Å². The van der Waals surface area contributed by atoms with Gasteiger partial charge in [0.2, 0.25) is 0 Å². The summed E-state index contributed by atoms with van der Waals surface area (Å²) in [6, 6.07) is 3.16. The molecule has 0 radical (unpaired) electrons. The molecule has 0 aromatic heterocycles. The van der Waals surface area contributed by atoms with Gasteiger partial charge in [0.05, 0.1) is 6.10 Å². The number of hydrogen-bond donors (Lipinski definition) is 1. The van der Waals surface area contributed by atoms with Crippen molar-refractivity contribution in [2.45, 2.75) is 20.0 Å². The second-order valence-electron chi connectivity index (χ2n) is 3.47. The third-order valence-corrected chi connectivity index (χ3v) is 2.81. The molecule has 14 heavy (non-hydrogen) atoms. The lowest BCUT2D eigenvalue weighted by Gasteiger charge is -2.17. The smallest absolute Gasteiger partial charge is 0.0841 e. The van der Waals surface area contributed by atoms with Crippen LogP contribution in [0.4, 0.5) is 0 Å². The van der Waals surface area contributed by atoms with Gasteiger partial charge in [-0.2, -0.15) is 0 Å². The molecule has 0 spiro atoms. The monoisotopic (exact) mass is 252 g/mol. The molecular formula is C10H11Cl3O. The van der Waals surface area contributed by atoms with Gasteiger partial charge in [0.15, 0.2) is 0 Å². The maximum atomic E-state index is 9.84. The summed E-state index contributed by atoms with van der Waals surface area (Å²) in [7, 11) is 0. The molecule has 0 saturated carbocycles. The Morgan fingerprint density at radius 2 is 1.50 bits per heavy atom. The van der Waals surface area contributed by atoms with Crippen LogP contribution in [0.2, 0.25) is 15.1 Å². The van der Waals surface area contributed by atoms with Gasteiger partial charge >= 0.3 is 0 Å². The lowest BCUT2D eigenvalue weighted by atomic mass is 9.99. The zero-order valence-electron chi connectivity index (χ0n) is 7.89. The van der Waals surface area contributed by atoms with Crippen LogP contribution in [-0.2, 0) is 0 Å². The van der Waals surface area contributed by atoms with Gasteiger partial charge in [-0.1, -0.05) is 48.7 Å². The number of aliphatic hydroxyl groups is 1. The average molecular weight is 254 g/mol. The highest BCUT2D eigenvalue weighted by atomic mass is 35.5. The van der Waals surface area contributed by atoms with Crippen LogP contribution in [0.3, 0.4) is 0 Å². The van der Waals surface area contributed by atoms with E-state index in [0.29, 0.717) is 20.6 Å². The first-order chi connectivity index (χ1) is 6.43. The molecule has 1 atom stereocenters. The van der Waals surface area contributed by atoms with Gasteiger partial charge in [-0.15, -0.1) is 0 Å². The fourth-order valence-electron chi connectivity index (χ4n) is 1.17. The molecule has 1 aromatic rings. The Balaban J connectivity index is 3.20. The van der Waals surface area contributed by atoms with E-state index in [4.69, 9.17) is 34.8 Å². The molecule has 78 valence electrons. The van der Waals surface area contributed by atoms with Crippen LogP contribution in [0.25, 0.3) is 0 Å². The van der Waals surface area contributed by atoms with Gasteiger partial charge < -0.3 is 5.11 Å². The van der Waals surface area contributed by atoms with Crippen LogP contribution >= 0.6 is 34.8 Å². The van der Waals surface area contributed by atoms with Crippen LogP contribution in [0, 0.1) is 5.92 Å². The quantitative estimate of drug-likeness (QED) is 0.831. The second kappa shape index (κ2) is 4.71. The zero-order chi connectivity index (χ0) is 10.9. The van der Waals surface area contributed by atoms with Gasteiger partial charge in [0.25, 0.3) is 0 Å². The fraction of sp³-hybridized carbons (Fsp3) is 0.400. The van der Waals surface area contributed by atoms with E-state index in [2.05, 4.69) is 0 Å². The topological polar surface area (TPSA) is 20.2 Å². The Morgan fingerprint density at radius 3 is 1.86 bits per heavy atom. The van der Waals surface area contributed by atoms with Crippen molar-refractivity contribution in [2.75, 3.05) is 0 Å². The lowest BCUT2D eigenvalue weighted by Crippen LogP contribution is -2.06. The van der Waals surface area contributed by atoms with E-state index in [1.807, 2.05) is 13.8 Å². The van der Waals surface area contributed by atoms with Crippen molar-refractivity contribution < 1.29 is 5.11 Å². The summed E-state index contributed by atoms with van der Waals surface area (Å²) in [6.45, 7) is 3.79. The third kappa shape index (κ3) is 2.54. The van der Waals surface area contributed by atoms with E-state index >= 15 is 0 Å². The van der Waals surface area contributed by atoms with Gasteiger partial charge in [-0.05, 0) is 18.1 Å². The first kappa shape index (κ1) is 12.1. The van der Waals surface area contributed by atoms with E-state index < -0.39 is 6.10 Å². The average Bonchev–Trinajstić information content (AvgIpc) is 2.01. The van der Waals surface area contributed by atoms with Crippen LogP contribution < -0.4 is 0 Å². The third-order valence-electron chi connectivity index (χ3n) is 1.97. The molecule has 1 aromatic carbocycles. The molecular weight excluding hydrogens is 242 g/mol. The highest BCUT2D eigenvalue weighted by molar-refractivity contribution is 6.39. The van der Waals surface area contributed by atoms with Gasteiger partial charge in [-0.3, -0.25) is 0 Å². The lowest BCUT2D eigenvalue weighted by molar-refractivity contribution is 0.127. The predicted molar refractivity (Wildman–Crippen MR) is 61.3 cm³/mol. The SMILES string of the molecule is CC(C)C(O)c1c(Cl)cc(Cl)cc1Cl. The predicted octanol–water partition coefficient (Wildman–Crippen LogP) is 4.34. The molecule has 0 fully saturated rings. The number of aliphatic hydroxyl groups excluding tert-OH is 1. The van der Waals surface area contributed by atoms with Gasteiger partial charge in [0, 0.05) is 20.6 Å². The Hall–Kier alpha value is 0.0500. The zero-order valence-corrected chi connectivity index (χ0v) is 10.2. The van der Waals surface area contributed by atoms with Crippen molar-refractivity contribution in [1.82, 2.24) is 0 Å². The molecule has 1 nitrogen and oxygen atoms in total. The van der Waals surface area contributed by atoms with E-state index in [-0.39, 0.29) is 5.92 Å². The summed E-state index contributed by atoms with van der Waals surface area (Å²) in [5.74, 6) is 0.0613. The second-order valence-corrected chi connectivity index (χ2v) is 4.72. The van der Waals surface area contributed by atoms with Crippen LogP contribution in [0.15, 0.2) is 12.1 Å². The molecule has 0 aliphatic rings. The number of rotatable bonds is 2. The Bertz CT molecular complexity index is 313. The van der Waals surface area contributed by atoms with Crippen molar-refractivity contribution in [2.24, 2.45) is 5.92 Å². The summed E-state index contributed by atoms with van der Waals surface area (Å²) in [4.78, 5) is 0. The Morgan fingerprint density at radius 1 is 1.07 bits per heavy atom. The normalized spacial score (nSPS) is 13.4. The minimum absolute atomic E-state index is 0.0613. The van der Waals surface area contributed by atoms with E-state index in [9.17, 15) is 5.11 Å². The minimum atomic E-state index is -0.660. The number of halogens is 3. The first-order valence-electron chi connectivity index (χ1n) is 4.26. The van der Waals surface area contributed by atoms with Crippen molar-refractivity contribution in [1.29, 1.82) is 0 Å². The highest BCUT2D eigenvalue weighted by Gasteiger charge is 2.19. The van der Waals surface area contributed by atoms with Gasteiger partial charge in [-0.25, -0.2) is 0 Å². The molecule has 1 N–H and O–H groups in total. The standard InChI is InChI=1S/C10H11Cl3O/c1-5(2)10(14)9-7(12)3-6(11)4-8(9)13/h3-5,10,14H,1-2H3. The van der Waals surface area contributed by atoms with Crippen molar-refractivity contribution in [3.05, 3.63) is 32.8 Å². The number of benzene rings is 1. The molecule has 0 aliphatic heterocycles. The van der Waals surface area contributed by atoms with Crippen molar-refractivity contribution in [3.8, 4) is 0 Å².